The monoisotopic (exact) mass is 362 g/mol. The van der Waals surface area contributed by atoms with E-state index in [4.69, 9.17) is 9.47 Å². The minimum atomic E-state index is -0.391. The first-order valence-corrected chi connectivity index (χ1v) is 9.09. The third kappa shape index (κ3) is 6.02. The van der Waals surface area contributed by atoms with E-state index in [9.17, 15) is 9.59 Å². The largest absolute Gasteiger partial charge is 0.445 e. The molecule has 0 unspecified atom stereocenters. The highest BCUT2D eigenvalue weighted by Crippen LogP contribution is 2.21. The summed E-state index contributed by atoms with van der Waals surface area (Å²) in [6, 6.07) is 9.31. The molecule has 2 rings (SSSR count). The Kier molecular flexibility index (Phi) is 6.64. The average molecular weight is 362 g/mol. The van der Waals surface area contributed by atoms with Gasteiger partial charge >= 0.3 is 6.09 Å². The summed E-state index contributed by atoms with van der Waals surface area (Å²) >= 11 is 0. The molecule has 0 spiro atoms. The first-order chi connectivity index (χ1) is 12.2. The third-order valence-corrected chi connectivity index (χ3v) is 4.09. The molecule has 1 heterocycles. The van der Waals surface area contributed by atoms with Crippen molar-refractivity contribution in [3.63, 3.8) is 0 Å². The van der Waals surface area contributed by atoms with Gasteiger partial charge in [0.05, 0.1) is 24.3 Å². The van der Waals surface area contributed by atoms with Crippen LogP contribution in [0.15, 0.2) is 30.3 Å². The molecular formula is C20H30N2O4. The van der Waals surface area contributed by atoms with Gasteiger partial charge in [0.2, 0.25) is 5.91 Å². The van der Waals surface area contributed by atoms with Gasteiger partial charge in [0, 0.05) is 12.5 Å². The maximum atomic E-state index is 12.4. The molecule has 1 aromatic carbocycles. The number of hydrogen-bond acceptors (Lipinski definition) is 4. The zero-order valence-corrected chi connectivity index (χ0v) is 16.3. The third-order valence-electron chi connectivity index (χ3n) is 4.09. The summed E-state index contributed by atoms with van der Waals surface area (Å²) in [4.78, 5) is 26.1. The van der Waals surface area contributed by atoms with Gasteiger partial charge in [-0.1, -0.05) is 44.2 Å². The van der Waals surface area contributed by atoms with E-state index in [1.165, 1.54) is 0 Å². The van der Waals surface area contributed by atoms with Crippen molar-refractivity contribution in [3.05, 3.63) is 35.9 Å². The summed E-state index contributed by atoms with van der Waals surface area (Å²) in [5.41, 5.74) is 0.572. The molecule has 1 saturated heterocycles. The van der Waals surface area contributed by atoms with Crippen LogP contribution in [0.2, 0.25) is 0 Å². The van der Waals surface area contributed by atoms with Crippen LogP contribution >= 0.6 is 0 Å². The van der Waals surface area contributed by atoms with E-state index in [0.717, 1.165) is 5.56 Å². The van der Waals surface area contributed by atoms with Gasteiger partial charge < -0.3 is 19.7 Å². The molecule has 1 fully saturated rings. The zero-order chi connectivity index (χ0) is 19.3. The van der Waals surface area contributed by atoms with Crippen LogP contribution < -0.4 is 5.32 Å². The lowest BCUT2D eigenvalue weighted by Gasteiger charge is -2.28. The van der Waals surface area contributed by atoms with Crippen LogP contribution in [0.1, 0.15) is 40.2 Å². The van der Waals surface area contributed by atoms with Crippen molar-refractivity contribution >= 4 is 12.0 Å². The molecule has 0 radical (unpaired) electrons. The van der Waals surface area contributed by atoms with Gasteiger partial charge in [0.25, 0.3) is 0 Å². The summed E-state index contributed by atoms with van der Waals surface area (Å²) in [7, 11) is 0. The smallest absolute Gasteiger partial charge is 0.410 e. The maximum absolute atomic E-state index is 12.4. The standard InChI is InChI=1S/C20H30N2O4/c1-14(2)18(23)21-16-11-22(12-17(16)26-20(3,4)5)19(24)25-13-15-9-7-6-8-10-15/h6-10,14,16-17H,11-13H2,1-5H3,(H,21,23)/t16-,17-/m1/s1. The molecule has 1 aromatic rings. The first-order valence-electron chi connectivity index (χ1n) is 9.09. The van der Waals surface area contributed by atoms with E-state index in [1.807, 2.05) is 65.0 Å². The lowest BCUT2D eigenvalue weighted by Crippen LogP contribution is -2.47. The number of nitrogens with zero attached hydrogens (tertiary/aromatic N) is 1. The number of likely N-dealkylation sites (tertiary alicyclic amines) is 1. The molecule has 0 aromatic heterocycles. The quantitative estimate of drug-likeness (QED) is 0.874. The molecule has 6 nitrogen and oxygen atoms in total. The number of nitrogens with one attached hydrogen (secondary N) is 1. The fourth-order valence-corrected chi connectivity index (χ4v) is 2.80. The van der Waals surface area contributed by atoms with Crippen molar-refractivity contribution in [2.75, 3.05) is 13.1 Å². The SMILES string of the molecule is CC(C)C(=O)N[C@@H]1CN(C(=O)OCc2ccccc2)C[C@H]1OC(C)(C)C. The van der Waals surface area contributed by atoms with Crippen molar-refractivity contribution in [2.24, 2.45) is 5.92 Å². The molecule has 2 amide bonds. The number of amides is 2. The van der Waals surface area contributed by atoms with E-state index >= 15 is 0 Å². The normalized spacial score (nSPS) is 20.3. The van der Waals surface area contributed by atoms with Crippen LogP contribution in [0.4, 0.5) is 4.79 Å². The minimum absolute atomic E-state index is 0.0444. The Morgan fingerprint density at radius 3 is 2.42 bits per heavy atom. The second kappa shape index (κ2) is 8.54. The van der Waals surface area contributed by atoms with Crippen LogP contribution in [0.3, 0.4) is 0 Å². The van der Waals surface area contributed by atoms with Gasteiger partial charge in [0.15, 0.2) is 0 Å². The van der Waals surface area contributed by atoms with Gasteiger partial charge in [-0.2, -0.15) is 0 Å². The highest BCUT2D eigenvalue weighted by Gasteiger charge is 2.39. The molecule has 26 heavy (non-hydrogen) atoms. The second-order valence-corrected chi connectivity index (χ2v) is 7.98. The summed E-state index contributed by atoms with van der Waals surface area (Å²) < 4.78 is 11.5. The Morgan fingerprint density at radius 1 is 1.19 bits per heavy atom. The number of hydrogen-bond donors (Lipinski definition) is 1. The van der Waals surface area contributed by atoms with Crippen molar-refractivity contribution in [2.45, 2.75) is 59.0 Å². The van der Waals surface area contributed by atoms with Crippen LogP contribution in [0.5, 0.6) is 0 Å². The summed E-state index contributed by atoms with van der Waals surface area (Å²) in [5.74, 6) is -0.165. The van der Waals surface area contributed by atoms with E-state index < -0.39 is 6.09 Å². The van der Waals surface area contributed by atoms with Gasteiger partial charge in [-0.25, -0.2) is 4.79 Å². The van der Waals surface area contributed by atoms with Crippen molar-refractivity contribution in [1.82, 2.24) is 10.2 Å². The van der Waals surface area contributed by atoms with Crippen LogP contribution in [0, 0.1) is 5.92 Å². The van der Waals surface area contributed by atoms with E-state index in [0.29, 0.717) is 13.1 Å². The highest BCUT2D eigenvalue weighted by atomic mass is 16.6. The number of rotatable bonds is 5. The van der Waals surface area contributed by atoms with Gasteiger partial charge in [0.1, 0.15) is 6.61 Å². The number of carbonyl (C=O) groups excluding carboxylic acids is 2. The Labute approximate surface area is 155 Å². The van der Waals surface area contributed by atoms with Gasteiger partial charge in [-0.05, 0) is 26.3 Å². The molecule has 0 aliphatic carbocycles. The predicted molar refractivity (Wildman–Crippen MR) is 99.6 cm³/mol. The van der Waals surface area contributed by atoms with Crippen LogP contribution in [0.25, 0.3) is 0 Å². The molecule has 1 N–H and O–H groups in total. The second-order valence-electron chi connectivity index (χ2n) is 7.98. The van der Waals surface area contributed by atoms with Crippen molar-refractivity contribution < 1.29 is 19.1 Å². The molecule has 2 atom stereocenters. The Bertz CT molecular complexity index is 610. The van der Waals surface area contributed by atoms with Crippen LogP contribution in [-0.2, 0) is 20.9 Å². The average Bonchev–Trinajstić information content (AvgIpc) is 2.94. The highest BCUT2D eigenvalue weighted by molar-refractivity contribution is 5.78. The zero-order valence-electron chi connectivity index (χ0n) is 16.3. The number of carbonyl (C=O) groups is 2. The molecule has 1 aliphatic rings. The first kappa shape index (κ1) is 20.2. The fourth-order valence-electron chi connectivity index (χ4n) is 2.80. The predicted octanol–water partition coefficient (Wildman–Crippen LogP) is 2.96. The molecule has 144 valence electrons. The Balaban J connectivity index is 1.98. The Hall–Kier alpha value is -2.08. The lowest BCUT2D eigenvalue weighted by atomic mass is 10.1. The summed E-state index contributed by atoms with van der Waals surface area (Å²) in [5, 5.41) is 3.00. The summed E-state index contributed by atoms with van der Waals surface area (Å²) in [6.07, 6.45) is -0.653. The Morgan fingerprint density at radius 2 is 1.85 bits per heavy atom. The van der Waals surface area contributed by atoms with E-state index in [1.54, 1.807) is 4.90 Å². The fraction of sp³-hybridized carbons (Fsp3) is 0.600. The van der Waals surface area contributed by atoms with Gasteiger partial charge in [-0.3, -0.25) is 4.79 Å². The molecule has 6 heteroatoms. The van der Waals surface area contributed by atoms with Gasteiger partial charge in [-0.15, -0.1) is 0 Å². The number of benzene rings is 1. The number of ether oxygens (including phenoxy) is 2. The molecular weight excluding hydrogens is 332 g/mol. The maximum Gasteiger partial charge on any atom is 0.410 e. The molecule has 0 saturated carbocycles. The van der Waals surface area contributed by atoms with Crippen molar-refractivity contribution in [1.29, 1.82) is 0 Å². The molecule has 0 bridgehead atoms. The topological polar surface area (TPSA) is 67.9 Å². The minimum Gasteiger partial charge on any atom is -0.445 e. The summed E-state index contributed by atoms with van der Waals surface area (Å²) in [6.45, 7) is 10.6. The van der Waals surface area contributed by atoms with E-state index in [-0.39, 0.29) is 36.2 Å². The van der Waals surface area contributed by atoms with Crippen molar-refractivity contribution in [3.8, 4) is 0 Å². The van der Waals surface area contributed by atoms with E-state index in [2.05, 4.69) is 5.32 Å². The molecule has 1 aliphatic heterocycles. The van der Waals surface area contributed by atoms with Crippen LogP contribution in [-0.4, -0.2) is 47.7 Å². The lowest BCUT2D eigenvalue weighted by molar-refractivity contribution is -0.126.